The van der Waals surface area contributed by atoms with Gasteiger partial charge in [-0.3, -0.25) is 14.4 Å². The fourth-order valence-corrected chi connectivity index (χ4v) is 5.16. The molecule has 4 rings (SSSR count). The Bertz CT molecular complexity index is 1470. The molecule has 1 aliphatic heterocycles. The molecule has 1 heterocycles. The zero-order chi connectivity index (χ0) is 30.2. The molecule has 2 amide bonds. The first-order valence-electron chi connectivity index (χ1n) is 13.9. The summed E-state index contributed by atoms with van der Waals surface area (Å²) in [4.78, 5) is 57.2. The fourth-order valence-electron chi connectivity index (χ4n) is 4.96. The van der Waals surface area contributed by atoms with Crippen molar-refractivity contribution in [2.75, 3.05) is 19.6 Å². The van der Waals surface area contributed by atoms with Gasteiger partial charge in [-0.05, 0) is 51.4 Å². The SMILES string of the molecule is CC1=NC(=O)N(CCCNCC(=O)c2ccc(C(=O)c3ccccc3)cc2)C(c2cccc(Cl)c2)C1C(=O)OC(C)C. The van der Waals surface area contributed by atoms with Crippen LogP contribution in [0.25, 0.3) is 0 Å². The fraction of sp³-hybridized carbons (Fsp3) is 0.303. The van der Waals surface area contributed by atoms with Crippen LogP contribution in [0.2, 0.25) is 5.02 Å². The number of urea groups is 1. The van der Waals surface area contributed by atoms with Gasteiger partial charge in [0, 0.05) is 34.0 Å². The summed E-state index contributed by atoms with van der Waals surface area (Å²) in [5.41, 5.74) is 2.71. The smallest absolute Gasteiger partial charge is 0.344 e. The second-order valence-corrected chi connectivity index (χ2v) is 10.9. The van der Waals surface area contributed by atoms with Crippen LogP contribution >= 0.6 is 11.6 Å². The summed E-state index contributed by atoms with van der Waals surface area (Å²) in [6, 6.07) is 21.6. The van der Waals surface area contributed by atoms with Crippen molar-refractivity contribution in [3.8, 4) is 0 Å². The first kappa shape index (κ1) is 30.8. The molecule has 0 aromatic heterocycles. The normalized spacial score (nSPS) is 16.7. The summed E-state index contributed by atoms with van der Waals surface area (Å²) in [7, 11) is 0. The van der Waals surface area contributed by atoms with Crippen LogP contribution in [0, 0.1) is 5.92 Å². The Morgan fingerprint density at radius 2 is 1.62 bits per heavy atom. The molecule has 42 heavy (non-hydrogen) atoms. The minimum absolute atomic E-state index is 0.0955. The zero-order valence-electron chi connectivity index (χ0n) is 23.9. The number of nitrogens with zero attached hydrogens (tertiary/aromatic N) is 2. The van der Waals surface area contributed by atoms with Crippen molar-refractivity contribution >= 4 is 40.9 Å². The lowest BCUT2D eigenvalue weighted by molar-refractivity contribution is -0.151. The highest BCUT2D eigenvalue weighted by Crippen LogP contribution is 2.36. The standard InChI is InChI=1S/C33H34ClN3O5/c1-21(2)42-32(40)29-22(3)36-33(41)37(30(29)26-11-7-12-27(34)19-26)18-8-17-35-20-28(38)23-13-15-25(16-14-23)31(39)24-9-5-4-6-10-24/h4-7,9-16,19,21,29-30,35H,8,17-18,20H2,1-3H3. The number of ketones is 2. The van der Waals surface area contributed by atoms with Crippen LogP contribution in [0.5, 0.6) is 0 Å². The molecule has 0 aliphatic carbocycles. The van der Waals surface area contributed by atoms with Crippen molar-refractivity contribution in [3.63, 3.8) is 0 Å². The topological polar surface area (TPSA) is 105 Å². The van der Waals surface area contributed by atoms with Gasteiger partial charge < -0.3 is 15.0 Å². The monoisotopic (exact) mass is 587 g/mol. The van der Waals surface area contributed by atoms with Crippen LogP contribution in [-0.2, 0) is 9.53 Å². The van der Waals surface area contributed by atoms with Crippen LogP contribution in [0.4, 0.5) is 4.79 Å². The van der Waals surface area contributed by atoms with E-state index in [0.29, 0.717) is 52.5 Å². The lowest BCUT2D eigenvalue weighted by atomic mass is 9.86. The molecule has 8 nitrogen and oxygen atoms in total. The molecule has 0 spiro atoms. The van der Waals surface area contributed by atoms with Gasteiger partial charge in [-0.15, -0.1) is 0 Å². The number of hydrogen-bond acceptors (Lipinski definition) is 6. The van der Waals surface area contributed by atoms with E-state index in [-0.39, 0.29) is 24.2 Å². The van der Waals surface area contributed by atoms with Gasteiger partial charge in [-0.25, -0.2) is 9.79 Å². The molecule has 0 saturated heterocycles. The molecule has 3 aromatic rings. The summed E-state index contributed by atoms with van der Waals surface area (Å²) in [6.45, 7) is 6.06. The van der Waals surface area contributed by atoms with Crippen LogP contribution in [0.15, 0.2) is 83.9 Å². The van der Waals surface area contributed by atoms with Gasteiger partial charge >= 0.3 is 12.0 Å². The van der Waals surface area contributed by atoms with E-state index in [1.54, 1.807) is 80.3 Å². The lowest BCUT2D eigenvalue weighted by Crippen LogP contribution is -2.48. The molecule has 9 heteroatoms. The number of carbonyl (C=O) groups excluding carboxylic acids is 4. The van der Waals surface area contributed by atoms with Gasteiger partial charge in [0.25, 0.3) is 0 Å². The molecule has 3 aromatic carbocycles. The molecule has 1 N–H and O–H groups in total. The van der Waals surface area contributed by atoms with Crippen LogP contribution < -0.4 is 5.32 Å². The molecule has 0 saturated carbocycles. The van der Waals surface area contributed by atoms with Gasteiger partial charge in [0.2, 0.25) is 0 Å². The number of esters is 1. The third-order valence-electron chi connectivity index (χ3n) is 6.96. The van der Waals surface area contributed by atoms with Crippen molar-refractivity contribution in [1.82, 2.24) is 10.2 Å². The van der Waals surface area contributed by atoms with E-state index in [0.717, 1.165) is 0 Å². The van der Waals surface area contributed by atoms with E-state index >= 15 is 0 Å². The Labute approximate surface area is 250 Å². The second-order valence-electron chi connectivity index (χ2n) is 10.4. The van der Waals surface area contributed by atoms with Gasteiger partial charge in [0.05, 0.1) is 18.7 Å². The molecule has 2 atom stereocenters. The number of halogens is 1. The lowest BCUT2D eigenvalue weighted by Gasteiger charge is -2.39. The minimum Gasteiger partial charge on any atom is -0.462 e. The molecule has 218 valence electrons. The third kappa shape index (κ3) is 7.57. The highest BCUT2D eigenvalue weighted by molar-refractivity contribution is 6.30. The van der Waals surface area contributed by atoms with Gasteiger partial charge in [0.15, 0.2) is 11.6 Å². The van der Waals surface area contributed by atoms with Crippen LogP contribution in [0.3, 0.4) is 0 Å². The van der Waals surface area contributed by atoms with Crippen LogP contribution in [0.1, 0.15) is 65.1 Å². The average molecular weight is 588 g/mol. The summed E-state index contributed by atoms with van der Waals surface area (Å²) in [5, 5.41) is 3.63. The number of amides is 2. The number of Topliss-reactive ketones (excluding diaryl/α,β-unsaturated/α-hetero) is 1. The Morgan fingerprint density at radius 1 is 0.952 bits per heavy atom. The predicted molar refractivity (Wildman–Crippen MR) is 162 cm³/mol. The largest absolute Gasteiger partial charge is 0.462 e. The first-order valence-corrected chi connectivity index (χ1v) is 14.3. The molecule has 0 fully saturated rings. The van der Waals surface area contributed by atoms with Crippen molar-refractivity contribution in [1.29, 1.82) is 0 Å². The number of rotatable bonds is 12. The molecule has 1 aliphatic rings. The van der Waals surface area contributed by atoms with E-state index in [2.05, 4.69) is 10.3 Å². The maximum absolute atomic E-state index is 13.1. The van der Waals surface area contributed by atoms with Gasteiger partial charge in [-0.2, -0.15) is 0 Å². The average Bonchev–Trinajstić information content (AvgIpc) is 2.97. The molecular formula is C33H34ClN3O5. The van der Waals surface area contributed by atoms with Gasteiger partial charge in [0.1, 0.15) is 5.92 Å². The van der Waals surface area contributed by atoms with E-state index in [9.17, 15) is 19.2 Å². The van der Waals surface area contributed by atoms with Crippen molar-refractivity contribution < 1.29 is 23.9 Å². The number of benzene rings is 3. The number of hydrogen-bond donors (Lipinski definition) is 1. The van der Waals surface area contributed by atoms with E-state index in [1.165, 1.54) is 0 Å². The van der Waals surface area contributed by atoms with E-state index < -0.39 is 24.0 Å². The maximum Gasteiger partial charge on any atom is 0.344 e. The van der Waals surface area contributed by atoms with Crippen molar-refractivity contribution in [2.45, 2.75) is 39.3 Å². The molecule has 2 unspecified atom stereocenters. The number of ether oxygens (including phenoxy) is 1. The van der Waals surface area contributed by atoms with Crippen LogP contribution in [-0.4, -0.2) is 59.9 Å². The van der Waals surface area contributed by atoms with Crippen molar-refractivity contribution in [2.24, 2.45) is 10.9 Å². The molecular weight excluding hydrogens is 554 g/mol. The number of carbonyl (C=O) groups is 4. The van der Waals surface area contributed by atoms with E-state index in [4.69, 9.17) is 16.3 Å². The molecule has 0 radical (unpaired) electrons. The van der Waals surface area contributed by atoms with Crippen molar-refractivity contribution in [3.05, 3.63) is 106 Å². The summed E-state index contributed by atoms with van der Waals surface area (Å²) >= 11 is 6.27. The minimum atomic E-state index is -0.769. The van der Waals surface area contributed by atoms with E-state index in [1.807, 2.05) is 24.3 Å². The third-order valence-corrected chi connectivity index (χ3v) is 7.19. The predicted octanol–water partition coefficient (Wildman–Crippen LogP) is 5.94. The quantitative estimate of drug-likeness (QED) is 0.160. The molecule has 0 bridgehead atoms. The van der Waals surface area contributed by atoms with Gasteiger partial charge in [-0.1, -0.05) is 78.3 Å². The number of nitrogens with one attached hydrogen (secondary N) is 1. The number of aliphatic imine (C=N–C) groups is 1. The summed E-state index contributed by atoms with van der Waals surface area (Å²) in [6.07, 6.45) is 0.194. The first-order chi connectivity index (χ1) is 20.2. The Kier molecular flexibility index (Phi) is 10.4. The Hall–Kier alpha value is -4.14. The summed E-state index contributed by atoms with van der Waals surface area (Å²) in [5.74, 6) is -1.43. The summed E-state index contributed by atoms with van der Waals surface area (Å²) < 4.78 is 5.52. The Balaban J connectivity index is 1.37. The second kappa shape index (κ2) is 14.2. The highest BCUT2D eigenvalue weighted by Gasteiger charge is 2.43. The highest BCUT2D eigenvalue weighted by atomic mass is 35.5. The maximum atomic E-state index is 13.1. The Morgan fingerprint density at radius 3 is 2.29 bits per heavy atom. The zero-order valence-corrected chi connectivity index (χ0v) is 24.6.